The second-order valence-electron chi connectivity index (χ2n) is 8.50. The lowest BCUT2D eigenvalue weighted by atomic mass is 10.1. The lowest BCUT2D eigenvalue weighted by Gasteiger charge is -2.09. The SMILES string of the molecule is CCCCCCCCCCCCSCCC(=O)NCOc1ccc(Oc2ccc(O)cc2)cc1. The van der Waals surface area contributed by atoms with Crippen LogP contribution in [-0.2, 0) is 4.79 Å². The van der Waals surface area contributed by atoms with Crippen LogP contribution in [0, 0.1) is 0 Å². The lowest BCUT2D eigenvalue weighted by Crippen LogP contribution is -2.27. The van der Waals surface area contributed by atoms with Gasteiger partial charge in [0, 0.05) is 12.2 Å². The van der Waals surface area contributed by atoms with Gasteiger partial charge in [-0.15, -0.1) is 0 Å². The highest BCUT2D eigenvalue weighted by atomic mass is 32.2. The van der Waals surface area contributed by atoms with Gasteiger partial charge in [-0.05, 0) is 60.7 Å². The number of phenolic OH excluding ortho intramolecular Hbond substituents is 1. The Labute approximate surface area is 209 Å². The third-order valence-electron chi connectivity index (χ3n) is 5.52. The van der Waals surface area contributed by atoms with E-state index in [0.717, 1.165) is 11.5 Å². The topological polar surface area (TPSA) is 67.8 Å². The van der Waals surface area contributed by atoms with E-state index < -0.39 is 0 Å². The molecule has 0 saturated carbocycles. The molecule has 2 N–H and O–H groups in total. The molecule has 1 amide bonds. The summed E-state index contributed by atoms with van der Waals surface area (Å²) in [4.78, 5) is 12.0. The molecule has 0 aromatic heterocycles. The summed E-state index contributed by atoms with van der Waals surface area (Å²) in [7, 11) is 0. The Hall–Kier alpha value is -2.34. The van der Waals surface area contributed by atoms with E-state index in [9.17, 15) is 9.90 Å². The first-order chi connectivity index (χ1) is 16.7. The van der Waals surface area contributed by atoms with Crippen molar-refractivity contribution in [1.29, 1.82) is 0 Å². The smallest absolute Gasteiger partial charge is 0.223 e. The molecule has 0 heterocycles. The summed E-state index contributed by atoms with van der Waals surface area (Å²) in [6.07, 6.45) is 14.1. The number of nitrogens with one attached hydrogen (secondary N) is 1. The highest BCUT2D eigenvalue weighted by Crippen LogP contribution is 2.25. The van der Waals surface area contributed by atoms with E-state index in [1.54, 1.807) is 48.5 Å². The molecule has 0 aliphatic rings. The normalized spacial score (nSPS) is 10.7. The predicted molar refractivity (Wildman–Crippen MR) is 142 cm³/mol. The molecule has 2 aromatic carbocycles. The van der Waals surface area contributed by atoms with Gasteiger partial charge in [0.25, 0.3) is 0 Å². The summed E-state index contributed by atoms with van der Waals surface area (Å²) in [5.74, 6) is 4.18. The third kappa shape index (κ3) is 13.4. The summed E-state index contributed by atoms with van der Waals surface area (Å²) in [6.45, 7) is 2.42. The molecule has 6 heteroatoms. The van der Waals surface area contributed by atoms with Crippen molar-refractivity contribution < 1.29 is 19.4 Å². The van der Waals surface area contributed by atoms with Crippen LogP contribution in [0.15, 0.2) is 48.5 Å². The van der Waals surface area contributed by atoms with Gasteiger partial charge >= 0.3 is 0 Å². The molecule has 0 radical (unpaired) electrons. The highest BCUT2D eigenvalue weighted by molar-refractivity contribution is 7.99. The molecule has 5 nitrogen and oxygen atoms in total. The van der Waals surface area contributed by atoms with Crippen LogP contribution in [0.25, 0.3) is 0 Å². The van der Waals surface area contributed by atoms with E-state index in [0.29, 0.717) is 23.7 Å². The van der Waals surface area contributed by atoms with E-state index in [4.69, 9.17) is 9.47 Å². The van der Waals surface area contributed by atoms with E-state index in [1.165, 1.54) is 64.2 Å². The first-order valence-corrected chi connectivity index (χ1v) is 13.9. The summed E-state index contributed by atoms with van der Waals surface area (Å²) < 4.78 is 11.3. The van der Waals surface area contributed by atoms with Gasteiger partial charge in [-0.2, -0.15) is 11.8 Å². The molecule has 2 rings (SSSR count). The van der Waals surface area contributed by atoms with Crippen molar-refractivity contribution in [3.63, 3.8) is 0 Å². The number of rotatable bonds is 19. The van der Waals surface area contributed by atoms with Gasteiger partial charge in [-0.25, -0.2) is 0 Å². The fourth-order valence-corrected chi connectivity index (χ4v) is 4.44. The number of carbonyl (C=O) groups excluding carboxylic acids is 1. The molecule has 0 saturated heterocycles. The van der Waals surface area contributed by atoms with Crippen molar-refractivity contribution in [1.82, 2.24) is 5.32 Å². The Kier molecular flexibility index (Phi) is 14.8. The van der Waals surface area contributed by atoms with Crippen LogP contribution in [0.4, 0.5) is 0 Å². The summed E-state index contributed by atoms with van der Waals surface area (Å²) >= 11 is 1.86. The molecule has 34 heavy (non-hydrogen) atoms. The van der Waals surface area contributed by atoms with Gasteiger partial charge in [0.15, 0.2) is 6.73 Å². The van der Waals surface area contributed by atoms with E-state index in [1.807, 2.05) is 11.8 Å². The number of ether oxygens (including phenoxy) is 2. The number of amides is 1. The maximum atomic E-state index is 12.0. The number of hydrogen-bond acceptors (Lipinski definition) is 5. The quantitative estimate of drug-likeness (QED) is 0.157. The van der Waals surface area contributed by atoms with Crippen LogP contribution >= 0.6 is 11.8 Å². The maximum absolute atomic E-state index is 12.0. The van der Waals surface area contributed by atoms with Crippen molar-refractivity contribution in [3.8, 4) is 23.0 Å². The molecule has 0 fully saturated rings. The summed E-state index contributed by atoms with van der Waals surface area (Å²) in [6, 6.07) is 13.7. The monoisotopic (exact) mass is 487 g/mol. The molecule has 0 aliphatic heterocycles. The maximum Gasteiger partial charge on any atom is 0.223 e. The molecular weight excluding hydrogens is 446 g/mol. The Bertz CT molecular complexity index is 780. The number of benzene rings is 2. The van der Waals surface area contributed by atoms with Gasteiger partial charge in [0.2, 0.25) is 5.91 Å². The minimum atomic E-state index is 0.0165. The number of hydrogen-bond donors (Lipinski definition) is 2. The summed E-state index contributed by atoms with van der Waals surface area (Å²) in [5, 5.41) is 12.1. The lowest BCUT2D eigenvalue weighted by molar-refractivity contribution is -0.121. The fraction of sp³-hybridized carbons (Fsp3) is 0.536. The molecule has 0 bridgehead atoms. The summed E-state index contributed by atoms with van der Waals surface area (Å²) in [5.41, 5.74) is 0. The average Bonchev–Trinajstić information content (AvgIpc) is 2.84. The average molecular weight is 488 g/mol. The largest absolute Gasteiger partial charge is 0.508 e. The molecular formula is C28H41NO4S. The first kappa shape index (κ1) is 27.9. The first-order valence-electron chi connectivity index (χ1n) is 12.7. The van der Waals surface area contributed by atoms with Crippen molar-refractivity contribution in [2.24, 2.45) is 0 Å². The van der Waals surface area contributed by atoms with E-state index in [-0.39, 0.29) is 18.4 Å². The minimum absolute atomic E-state index is 0.0165. The van der Waals surface area contributed by atoms with Crippen LogP contribution in [-0.4, -0.2) is 29.3 Å². The van der Waals surface area contributed by atoms with Crippen LogP contribution in [0.2, 0.25) is 0 Å². The standard InChI is InChI=1S/C28H41NO4S/c1-2-3-4-5-6-7-8-9-10-11-21-34-22-20-28(31)29-23-32-25-16-18-27(19-17-25)33-26-14-12-24(30)13-15-26/h12-19,30H,2-11,20-23H2,1H3,(H,29,31). The Morgan fingerprint density at radius 1 is 0.765 bits per heavy atom. The van der Waals surface area contributed by atoms with Crippen molar-refractivity contribution >= 4 is 17.7 Å². The minimum Gasteiger partial charge on any atom is -0.508 e. The van der Waals surface area contributed by atoms with Crippen LogP contribution < -0.4 is 14.8 Å². The second-order valence-corrected chi connectivity index (χ2v) is 9.73. The zero-order valence-corrected chi connectivity index (χ0v) is 21.4. The number of thioether (sulfide) groups is 1. The van der Waals surface area contributed by atoms with Gasteiger partial charge in [-0.1, -0.05) is 64.7 Å². The molecule has 2 aromatic rings. The second kappa shape index (κ2) is 18.0. The predicted octanol–water partition coefficient (Wildman–Crippen LogP) is 7.68. The van der Waals surface area contributed by atoms with Crippen molar-refractivity contribution in [2.45, 2.75) is 77.6 Å². The zero-order chi connectivity index (χ0) is 24.3. The molecule has 0 spiro atoms. The third-order valence-corrected chi connectivity index (χ3v) is 6.59. The van der Waals surface area contributed by atoms with Gasteiger partial charge in [-0.3, -0.25) is 4.79 Å². The highest BCUT2D eigenvalue weighted by Gasteiger charge is 2.03. The van der Waals surface area contributed by atoms with Crippen LogP contribution in [0.3, 0.4) is 0 Å². The van der Waals surface area contributed by atoms with Gasteiger partial charge in [0.05, 0.1) is 0 Å². The molecule has 0 atom stereocenters. The Balaban J connectivity index is 1.42. The van der Waals surface area contributed by atoms with E-state index >= 15 is 0 Å². The van der Waals surface area contributed by atoms with E-state index in [2.05, 4.69) is 12.2 Å². The molecule has 0 unspecified atom stereocenters. The van der Waals surface area contributed by atoms with Crippen molar-refractivity contribution in [2.75, 3.05) is 18.2 Å². The zero-order valence-electron chi connectivity index (χ0n) is 20.6. The van der Waals surface area contributed by atoms with Crippen LogP contribution in [0.1, 0.15) is 77.6 Å². The molecule has 0 aliphatic carbocycles. The van der Waals surface area contributed by atoms with Crippen molar-refractivity contribution in [3.05, 3.63) is 48.5 Å². The number of unbranched alkanes of at least 4 members (excludes halogenated alkanes) is 9. The van der Waals surface area contributed by atoms with Gasteiger partial charge in [0.1, 0.15) is 23.0 Å². The van der Waals surface area contributed by atoms with Gasteiger partial charge < -0.3 is 19.9 Å². The van der Waals surface area contributed by atoms with Crippen LogP contribution in [0.5, 0.6) is 23.0 Å². The molecule has 188 valence electrons. The number of carbonyl (C=O) groups is 1. The fourth-order valence-electron chi connectivity index (χ4n) is 3.50. The Morgan fingerprint density at radius 2 is 1.29 bits per heavy atom. The number of aromatic hydroxyl groups is 1. The Morgan fingerprint density at radius 3 is 1.91 bits per heavy atom. The number of phenols is 1.